The topological polar surface area (TPSA) is 90.8 Å². The first kappa shape index (κ1) is 21.8. The van der Waals surface area contributed by atoms with E-state index in [9.17, 15) is 13.5 Å². The second-order valence-electron chi connectivity index (χ2n) is 6.87. The van der Waals surface area contributed by atoms with E-state index in [1.165, 1.54) is 6.26 Å². The Morgan fingerprint density at radius 3 is 2.18 bits per heavy atom. The number of aromatic hydroxyl groups is 1. The molecule has 0 aliphatic rings. The van der Waals surface area contributed by atoms with Crippen LogP contribution in [0.5, 0.6) is 5.75 Å². The van der Waals surface area contributed by atoms with Crippen LogP contribution in [0.25, 0.3) is 0 Å². The van der Waals surface area contributed by atoms with Gasteiger partial charge in [0.15, 0.2) is 15.8 Å². The average Bonchev–Trinajstić information content (AvgIpc) is 2.63. The standard InChI is InChI=1S/C21H29N3O3S/c1-5-22-21(24-14-18-12-15(2)20(25)16(3)13-18)23-11-10-17-6-8-19(9-7-17)28(4,26)27/h6-9,12-13,25H,5,10-11,14H2,1-4H3,(H2,22,23,24). The Labute approximate surface area is 167 Å². The van der Waals surface area contributed by atoms with Gasteiger partial charge in [-0.05, 0) is 61.6 Å². The summed E-state index contributed by atoms with van der Waals surface area (Å²) in [6.45, 7) is 7.72. The van der Waals surface area contributed by atoms with Crippen molar-refractivity contribution in [2.75, 3.05) is 19.3 Å². The van der Waals surface area contributed by atoms with Crippen LogP contribution < -0.4 is 10.6 Å². The third-order valence-corrected chi connectivity index (χ3v) is 5.50. The molecule has 2 aromatic carbocycles. The van der Waals surface area contributed by atoms with Crippen LogP contribution in [-0.2, 0) is 22.8 Å². The predicted octanol–water partition coefficient (Wildman–Crippen LogP) is 2.71. The lowest BCUT2D eigenvalue weighted by Gasteiger charge is -2.12. The van der Waals surface area contributed by atoms with Gasteiger partial charge in [0.1, 0.15) is 5.75 Å². The second-order valence-corrected chi connectivity index (χ2v) is 8.88. The number of rotatable bonds is 7. The molecular weight excluding hydrogens is 374 g/mol. The summed E-state index contributed by atoms with van der Waals surface area (Å²) in [5, 5.41) is 16.4. The first-order chi connectivity index (χ1) is 13.2. The molecule has 2 rings (SSSR count). The Hall–Kier alpha value is -2.54. The molecule has 6 nitrogen and oxygen atoms in total. The first-order valence-electron chi connectivity index (χ1n) is 9.31. The molecule has 7 heteroatoms. The van der Waals surface area contributed by atoms with E-state index < -0.39 is 9.84 Å². The molecule has 0 fully saturated rings. The SMILES string of the molecule is CCNC(=NCc1cc(C)c(O)c(C)c1)NCCc1ccc(S(C)(=O)=O)cc1. The Morgan fingerprint density at radius 1 is 1.04 bits per heavy atom. The van der Waals surface area contributed by atoms with Gasteiger partial charge in [-0.25, -0.2) is 13.4 Å². The normalized spacial score (nSPS) is 12.1. The van der Waals surface area contributed by atoms with Crippen molar-refractivity contribution in [3.8, 4) is 5.75 Å². The lowest BCUT2D eigenvalue weighted by Crippen LogP contribution is -2.38. The van der Waals surface area contributed by atoms with Crippen LogP contribution >= 0.6 is 0 Å². The zero-order chi connectivity index (χ0) is 20.7. The fourth-order valence-corrected chi connectivity index (χ4v) is 3.51. The molecular formula is C21H29N3O3S. The van der Waals surface area contributed by atoms with E-state index in [0.29, 0.717) is 23.7 Å². The number of guanidine groups is 1. The number of phenols is 1. The number of hydrogen-bond donors (Lipinski definition) is 3. The highest BCUT2D eigenvalue weighted by molar-refractivity contribution is 7.90. The van der Waals surface area contributed by atoms with Gasteiger partial charge in [-0.1, -0.05) is 24.3 Å². The van der Waals surface area contributed by atoms with Crippen LogP contribution in [0.4, 0.5) is 0 Å². The quantitative estimate of drug-likeness (QED) is 0.488. The number of phenolic OH excluding ortho intramolecular Hbond substituents is 1. The molecule has 0 aliphatic heterocycles. The van der Waals surface area contributed by atoms with Gasteiger partial charge < -0.3 is 15.7 Å². The lowest BCUT2D eigenvalue weighted by molar-refractivity contribution is 0.466. The van der Waals surface area contributed by atoms with Crippen molar-refractivity contribution in [2.24, 2.45) is 4.99 Å². The molecule has 0 amide bonds. The molecule has 0 unspecified atom stereocenters. The molecule has 3 N–H and O–H groups in total. The second kappa shape index (κ2) is 9.59. The highest BCUT2D eigenvalue weighted by atomic mass is 32.2. The predicted molar refractivity (Wildman–Crippen MR) is 114 cm³/mol. The molecule has 0 spiro atoms. The van der Waals surface area contributed by atoms with Crippen LogP contribution in [0.3, 0.4) is 0 Å². The van der Waals surface area contributed by atoms with E-state index in [-0.39, 0.29) is 0 Å². The molecule has 0 bridgehead atoms. The first-order valence-corrected chi connectivity index (χ1v) is 11.2. The number of nitrogens with one attached hydrogen (secondary N) is 2. The van der Waals surface area contributed by atoms with Gasteiger partial charge >= 0.3 is 0 Å². The number of benzene rings is 2. The van der Waals surface area contributed by atoms with Crippen LogP contribution in [0.1, 0.15) is 29.2 Å². The Balaban J connectivity index is 1.96. The zero-order valence-corrected chi connectivity index (χ0v) is 17.7. The molecule has 0 saturated carbocycles. The van der Waals surface area contributed by atoms with E-state index in [1.807, 2.05) is 45.0 Å². The third-order valence-electron chi connectivity index (χ3n) is 4.37. The molecule has 0 aliphatic carbocycles. The number of aryl methyl sites for hydroxylation is 2. The Kier molecular flexibility index (Phi) is 7.45. The molecule has 2 aromatic rings. The maximum absolute atomic E-state index is 11.5. The van der Waals surface area contributed by atoms with E-state index in [2.05, 4.69) is 15.6 Å². The van der Waals surface area contributed by atoms with Crippen LogP contribution in [0.2, 0.25) is 0 Å². The summed E-state index contributed by atoms with van der Waals surface area (Å²) in [5.41, 5.74) is 3.79. The van der Waals surface area contributed by atoms with Crippen molar-refractivity contribution in [3.63, 3.8) is 0 Å². The summed E-state index contributed by atoms with van der Waals surface area (Å²) in [6, 6.07) is 10.8. The van der Waals surface area contributed by atoms with Gasteiger partial charge in [-0.15, -0.1) is 0 Å². The minimum atomic E-state index is -3.16. The Bertz CT molecular complexity index is 913. The summed E-state index contributed by atoms with van der Waals surface area (Å²) in [7, 11) is -3.16. The largest absolute Gasteiger partial charge is 0.507 e. The maximum Gasteiger partial charge on any atom is 0.191 e. The fraction of sp³-hybridized carbons (Fsp3) is 0.381. The summed E-state index contributed by atoms with van der Waals surface area (Å²) >= 11 is 0. The van der Waals surface area contributed by atoms with E-state index in [1.54, 1.807) is 12.1 Å². The molecule has 28 heavy (non-hydrogen) atoms. The molecule has 0 aromatic heterocycles. The van der Waals surface area contributed by atoms with Crippen molar-refractivity contribution < 1.29 is 13.5 Å². The molecule has 0 radical (unpaired) electrons. The zero-order valence-electron chi connectivity index (χ0n) is 16.9. The molecule has 0 saturated heterocycles. The molecule has 152 valence electrons. The number of aliphatic imine (C=N–C) groups is 1. The van der Waals surface area contributed by atoms with Crippen molar-refractivity contribution in [1.29, 1.82) is 0 Å². The van der Waals surface area contributed by atoms with Gasteiger partial charge in [0.2, 0.25) is 0 Å². The third kappa shape index (κ3) is 6.27. The van der Waals surface area contributed by atoms with Gasteiger partial charge in [-0.3, -0.25) is 0 Å². The number of nitrogens with zero attached hydrogens (tertiary/aromatic N) is 1. The van der Waals surface area contributed by atoms with Crippen LogP contribution in [-0.4, -0.2) is 38.8 Å². The summed E-state index contributed by atoms with van der Waals surface area (Å²) in [5.74, 6) is 1.05. The minimum Gasteiger partial charge on any atom is -0.507 e. The van der Waals surface area contributed by atoms with Crippen LogP contribution in [0.15, 0.2) is 46.3 Å². The maximum atomic E-state index is 11.5. The molecule has 0 atom stereocenters. The Morgan fingerprint density at radius 2 is 1.64 bits per heavy atom. The van der Waals surface area contributed by atoms with E-state index in [0.717, 1.165) is 41.2 Å². The fourth-order valence-electron chi connectivity index (χ4n) is 2.88. The average molecular weight is 404 g/mol. The summed E-state index contributed by atoms with van der Waals surface area (Å²) in [6.07, 6.45) is 1.96. The lowest BCUT2D eigenvalue weighted by atomic mass is 10.1. The van der Waals surface area contributed by atoms with Crippen LogP contribution in [0, 0.1) is 13.8 Å². The van der Waals surface area contributed by atoms with E-state index >= 15 is 0 Å². The highest BCUT2D eigenvalue weighted by Gasteiger charge is 2.07. The van der Waals surface area contributed by atoms with Gasteiger partial charge in [-0.2, -0.15) is 0 Å². The number of hydrogen-bond acceptors (Lipinski definition) is 4. The van der Waals surface area contributed by atoms with Crippen molar-refractivity contribution >= 4 is 15.8 Å². The van der Waals surface area contributed by atoms with Crippen molar-refractivity contribution in [2.45, 2.75) is 38.6 Å². The van der Waals surface area contributed by atoms with E-state index in [4.69, 9.17) is 0 Å². The smallest absolute Gasteiger partial charge is 0.191 e. The summed E-state index contributed by atoms with van der Waals surface area (Å²) < 4.78 is 23.0. The molecule has 0 heterocycles. The number of sulfone groups is 1. The van der Waals surface area contributed by atoms with Gasteiger partial charge in [0, 0.05) is 19.3 Å². The van der Waals surface area contributed by atoms with Crippen molar-refractivity contribution in [1.82, 2.24) is 10.6 Å². The minimum absolute atomic E-state index is 0.332. The van der Waals surface area contributed by atoms with Gasteiger partial charge in [0.05, 0.1) is 11.4 Å². The van der Waals surface area contributed by atoms with Gasteiger partial charge in [0.25, 0.3) is 0 Å². The monoisotopic (exact) mass is 403 g/mol. The van der Waals surface area contributed by atoms with Crippen molar-refractivity contribution in [3.05, 3.63) is 58.7 Å². The highest BCUT2D eigenvalue weighted by Crippen LogP contribution is 2.23. The summed E-state index contributed by atoms with van der Waals surface area (Å²) in [4.78, 5) is 4.94.